The third kappa shape index (κ3) is 5.74. The second-order valence-electron chi connectivity index (χ2n) is 7.37. The Labute approximate surface area is 176 Å². The molecular weight excluding hydrogens is 382 g/mol. The summed E-state index contributed by atoms with van der Waals surface area (Å²) in [6.45, 7) is 6.36. The number of anilines is 1. The van der Waals surface area contributed by atoms with Crippen LogP contribution in [0.25, 0.3) is 10.2 Å². The fourth-order valence-corrected chi connectivity index (χ4v) is 4.06. The van der Waals surface area contributed by atoms with Crippen molar-refractivity contribution in [3.05, 3.63) is 52.2 Å². The van der Waals surface area contributed by atoms with E-state index < -0.39 is 0 Å². The van der Waals surface area contributed by atoms with Crippen LogP contribution in [0.1, 0.15) is 40.0 Å². The Kier molecular flexibility index (Phi) is 7.17. The van der Waals surface area contributed by atoms with Crippen molar-refractivity contribution in [2.45, 2.75) is 33.2 Å². The third-order valence-electron chi connectivity index (χ3n) is 4.65. The summed E-state index contributed by atoms with van der Waals surface area (Å²) in [5.41, 5.74) is 1.79. The predicted octanol–water partition coefficient (Wildman–Crippen LogP) is 3.86. The van der Waals surface area contributed by atoms with Gasteiger partial charge in [-0.15, -0.1) is 11.3 Å². The maximum atomic E-state index is 12.2. The number of hydrogen-bond acceptors (Lipinski definition) is 6. The second kappa shape index (κ2) is 9.80. The summed E-state index contributed by atoms with van der Waals surface area (Å²) >= 11 is 1.72. The van der Waals surface area contributed by atoms with E-state index in [1.807, 2.05) is 45.3 Å². The van der Waals surface area contributed by atoms with Crippen LogP contribution in [0.4, 0.5) is 5.82 Å². The van der Waals surface area contributed by atoms with Crippen LogP contribution in [-0.4, -0.2) is 48.0 Å². The van der Waals surface area contributed by atoms with Gasteiger partial charge in [-0.1, -0.05) is 19.1 Å². The normalized spacial score (nSPS) is 11.2. The molecule has 29 heavy (non-hydrogen) atoms. The summed E-state index contributed by atoms with van der Waals surface area (Å²) in [5, 5.41) is 7.48. The van der Waals surface area contributed by atoms with Gasteiger partial charge in [-0.2, -0.15) is 0 Å². The van der Waals surface area contributed by atoms with Crippen molar-refractivity contribution in [2.24, 2.45) is 0 Å². The molecule has 0 aliphatic rings. The van der Waals surface area contributed by atoms with Gasteiger partial charge >= 0.3 is 0 Å². The molecule has 0 atom stereocenters. The molecule has 0 radical (unpaired) electrons. The van der Waals surface area contributed by atoms with Crippen LogP contribution < -0.4 is 10.6 Å². The van der Waals surface area contributed by atoms with Gasteiger partial charge in [-0.05, 0) is 64.2 Å². The number of carbonyl (C=O) groups is 1. The standard InChI is InChI=1S/C22H29N5OS/c1-5-18-13-19-20(25-15(2)26-22(19)29-18)24-14-16-7-9-17(10-8-16)21(28)23-11-6-12-27(3)4/h7-10,13H,5-6,11-12,14H2,1-4H3,(H,23,28)(H,24,25,26). The summed E-state index contributed by atoms with van der Waals surface area (Å²) in [7, 11) is 4.06. The van der Waals surface area contributed by atoms with Crippen molar-refractivity contribution in [3.63, 3.8) is 0 Å². The monoisotopic (exact) mass is 411 g/mol. The molecule has 2 heterocycles. The van der Waals surface area contributed by atoms with E-state index in [4.69, 9.17) is 0 Å². The maximum absolute atomic E-state index is 12.2. The van der Waals surface area contributed by atoms with Gasteiger partial charge in [0.05, 0.1) is 5.39 Å². The molecule has 1 amide bonds. The number of amides is 1. The van der Waals surface area contributed by atoms with Gasteiger partial charge in [0.1, 0.15) is 16.5 Å². The summed E-state index contributed by atoms with van der Waals surface area (Å²) in [4.78, 5) is 25.8. The minimum atomic E-state index is -0.0261. The Balaban J connectivity index is 1.60. The number of rotatable bonds is 9. The maximum Gasteiger partial charge on any atom is 0.251 e. The number of hydrogen-bond donors (Lipinski definition) is 2. The number of fused-ring (bicyclic) bond motifs is 1. The average molecular weight is 412 g/mol. The lowest BCUT2D eigenvalue weighted by Crippen LogP contribution is -2.27. The molecule has 0 fully saturated rings. The van der Waals surface area contributed by atoms with Gasteiger partial charge < -0.3 is 15.5 Å². The van der Waals surface area contributed by atoms with Crippen molar-refractivity contribution in [2.75, 3.05) is 32.5 Å². The van der Waals surface area contributed by atoms with E-state index in [2.05, 4.69) is 38.5 Å². The smallest absolute Gasteiger partial charge is 0.251 e. The zero-order chi connectivity index (χ0) is 20.8. The Morgan fingerprint density at radius 2 is 1.93 bits per heavy atom. The van der Waals surface area contributed by atoms with E-state index >= 15 is 0 Å². The molecule has 0 saturated carbocycles. The first-order chi connectivity index (χ1) is 14.0. The van der Waals surface area contributed by atoms with E-state index in [-0.39, 0.29) is 5.91 Å². The molecule has 7 heteroatoms. The van der Waals surface area contributed by atoms with E-state index in [1.165, 1.54) is 4.88 Å². The SMILES string of the molecule is CCc1cc2c(NCc3ccc(C(=O)NCCCN(C)C)cc3)nc(C)nc2s1. The van der Waals surface area contributed by atoms with Gasteiger partial charge in [0.2, 0.25) is 0 Å². The number of benzene rings is 1. The van der Waals surface area contributed by atoms with E-state index in [0.717, 1.165) is 46.8 Å². The van der Waals surface area contributed by atoms with Crippen molar-refractivity contribution in [1.82, 2.24) is 20.2 Å². The van der Waals surface area contributed by atoms with Crippen molar-refractivity contribution < 1.29 is 4.79 Å². The van der Waals surface area contributed by atoms with Crippen molar-refractivity contribution in [1.29, 1.82) is 0 Å². The Bertz CT molecular complexity index is 965. The van der Waals surface area contributed by atoms with Gasteiger partial charge in [-0.3, -0.25) is 4.79 Å². The summed E-state index contributed by atoms with van der Waals surface area (Å²) in [6.07, 6.45) is 1.94. The molecule has 0 spiro atoms. The lowest BCUT2D eigenvalue weighted by atomic mass is 10.1. The largest absolute Gasteiger partial charge is 0.365 e. The van der Waals surface area contributed by atoms with E-state index in [9.17, 15) is 4.79 Å². The topological polar surface area (TPSA) is 70.2 Å². The van der Waals surface area contributed by atoms with Gasteiger partial charge in [-0.25, -0.2) is 9.97 Å². The molecule has 2 aromatic heterocycles. The van der Waals surface area contributed by atoms with Crippen molar-refractivity contribution in [3.8, 4) is 0 Å². The number of carbonyl (C=O) groups excluding carboxylic acids is 1. The zero-order valence-corrected chi connectivity index (χ0v) is 18.4. The summed E-state index contributed by atoms with van der Waals surface area (Å²) in [5.74, 6) is 1.61. The Morgan fingerprint density at radius 3 is 2.62 bits per heavy atom. The van der Waals surface area contributed by atoms with Crippen LogP contribution in [0.5, 0.6) is 0 Å². The molecule has 2 N–H and O–H groups in total. The number of aryl methyl sites for hydroxylation is 2. The number of nitrogens with zero attached hydrogens (tertiary/aromatic N) is 3. The first-order valence-electron chi connectivity index (χ1n) is 9.99. The van der Waals surface area contributed by atoms with Crippen molar-refractivity contribution >= 4 is 33.3 Å². The molecule has 0 unspecified atom stereocenters. The molecule has 1 aromatic carbocycles. The van der Waals surface area contributed by atoms with Crippen LogP contribution in [0, 0.1) is 6.92 Å². The molecule has 0 saturated heterocycles. The predicted molar refractivity (Wildman–Crippen MR) is 121 cm³/mol. The lowest BCUT2D eigenvalue weighted by Gasteiger charge is -2.10. The molecule has 3 rings (SSSR count). The highest BCUT2D eigenvalue weighted by Crippen LogP contribution is 2.29. The first kappa shape index (κ1) is 21.2. The lowest BCUT2D eigenvalue weighted by molar-refractivity contribution is 0.0952. The third-order valence-corrected chi connectivity index (χ3v) is 5.82. The number of thiophene rings is 1. The highest BCUT2D eigenvalue weighted by Gasteiger charge is 2.10. The molecule has 0 aliphatic heterocycles. The molecule has 0 bridgehead atoms. The summed E-state index contributed by atoms with van der Waals surface area (Å²) < 4.78 is 0. The molecule has 0 aliphatic carbocycles. The second-order valence-corrected chi connectivity index (χ2v) is 8.48. The van der Waals surface area contributed by atoms with Crippen LogP contribution in [-0.2, 0) is 13.0 Å². The summed E-state index contributed by atoms with van der Waals surface area (Å²) in [6, 6.07) is 9.89. The zero-order valence-electron chi connectivity index (χ0n) is 17.6. The first-order valence-corrected chi connectivity index (χ1v) is 10.8. The molecule has 6 nitrogen and oxygen atoms in total. The fraction of sp³-hybridized carbons (Fsp3) is 0.409. The fourth-order valence-electron chi connectivity index (χ4n) is 3.05. The Hall–Kier alpha value is -2.51. The van der Waals surface area contributed by atoms with Gasteiger partial charge in [0.25, 0.3) is 5.91 Å². The highest BCUT2D eigenvalue weighted by atomic mass is 32.1. The van der Waals surface area contributed by atoms with Crippen LogP contribution in [0.3, 0.4) is 0 Å². The van der Waals surface area contributed by atoms with E-state index in [0.29, 0.717) is 18.7 Å². The minimum Gasteiger partial charge on any atom is -0.365 e. The van der Waals surface area contributed by atoms with Crippen LogP contribution in [0.2, 0.25) is 0 Å². The molecule has 3 aromatic rings. The number of nitrogens with one attached hydrogen (secondary N) is 2. The van der Waals surface area contributed by atoms with Gasteiger partial charge in [0.15, 0.2) is 0 Å². The van der Waals surface area contributed by atoms with E-state index in [1.54, 1.807) is 11.3 Å². The molecule has 154 valence electrons. The molecular formula is C22H29N5OS. The highest BCUT2D eigenvalue weighted by molar-refractivity contribution is 7.18. The Morgan fingerprint density at radius 1 is 1.17 bits per heavy atom. The van der Waals surface area contributed by atoms with Gasteiger partial charge in [0, 0.05) is 23.5 Å². The number of aromatic nitrogens is 2. The quantitative estimate of drug-likeness (QED) is 0.523. The van der Waals surface area contributed by atoms with Crippen LogP contribution in [0.15, 0.2) is 30.3 Å². The minimum absolute atomic E-state index is 0.0261. The van der Waals surface area contributed by atoms with Crippen LogP contribution >= 0.6 is 11.3 Å². The average Bonchev–Trinajstić information content (AvgIpc) is 3.12.